The van der Waals surface area contributed by atoms with Crippen LogP contribution in [0.25, 0.3) is 10.9 Å². The maximum atomic E-state index is 10.0. The molecule has 106 valence electrons. The molecule has 4 heteroatoms. The van der Waals surface area contributed by atoms with Crippen molar-refractivity contribution in [3.8, 4) is 5.75 Å². The van der Waals surface area contributed by atoms with Gasteiger partial charge in [0.15, 0.2) is 0 Å². The van der Waals surface area contributed by atoms with Gasteiger partial charge in [-0.25, -0.2) is 0 Å². The van der Waals surface area contributed by atoms with Crippen molar-refractivity contribution in [3.63, 3.8) is 0 Å². The van der Waals surface area contributed by atoms with E-state index < -0.39 is 0 Å². The first-order chi connectivity index (χ1) is 10.1. The molecular formula is C17H15BrN2O. The van der Waals surface area contributed by atoms with Crippen LogP contribution in [-0.2, 0) is 6.54 Å². The summed E-state index contributed by atoms with van der Waals surface area (Å²) in [4.78, 5) is 4.59. The van der Waals surface area contributed by atoms with Crippen LogP contribution in [0.15, 0.2) is 53.0 Å². The number of aromatic nitrogens is 1. The van der Waals surface area contributed by atoms with Gasteiger partial charge in [-0.1, -0.05) is 30.3 Å². The zero-order valence-electron chi connectivity index (χ0n) is 11.6. The molecule has 0 radical (unpaired) electrons. The number of para-hydroxylation sites is 2. The third kappa shape index (κ3) is 2.85. The normalized spacial score (nSPS) is 10.8. The lowest BCUT2D eigenvalue weighted by molar-refractivity contribution is 0.465. The van der Waals surface area contributed by atoms with Crippen molar-refractivity contribution in [3.05, 3.63) is 64.3 Å². The van der Waals surface area contributed by atoms with Gasteiger partial charge in [-0.2, -0.15) is 0 Å². The van der Waals surface area contributed by atoms with E-state index in [0.29, 0.717) is 11.0 Å². The van der Waals surface area contributed by atoms with Gasteiger partial charge in [0, 0.05) is 23.2 Å². The number of aromatic hydroxyl groups is 1. The van der Waals surface area contributed by atoms with Crippen molar-refractivity contribution in [1.29, 1.82) is 0 Å². The van der Waals surface area contributed by atoms with E-state index in [9.17, 15) is 5.11 Å². The largest absolute Gasteiger partial charge is 0.506 e. The van der Waals surface area contributed by atoms with E-state index in [1.165, 1.54) is 0 Å². The highest BCUT2D eigenvalue weighted by Crippen LogP contribution is 2.29. The number of aryl methyl sites for hydroxylation is 1. The molecule has 0 spiro atoms. The number of nitrogens with one attached hydrogen (secondary N) is 1. The second kappa shape index (κ2) is 5.74. The number of nitrogens with zero attached hydrogens (tertiary/aromatic N) is 1. The number of rotatable bonds is 3. The average molecular weight is 343 g/mol. The summed E-state index contributed by atoms with van der Waals surface area (Å²) in [6, 6.07) is 15.8. The zero-order valence-corrected chi connectivity index (χ0v) is 13.2. The number of phenolic OH excluding ortho intramolecular Hbond substituents is 1. The fourth-order valence-electron chi connectivity index (χ4n) is 2.28. The smallest absolute Gasteiger partial charge is 0.134 e. The molecule has 0 saturated carbocycles. The minimum atomic E-state index is 0.273. The van der Waals surface area contributed by atoms with Gasteiger partial charge < -0.3 is 10.4 Å². The number of halogens is 1. The van der Waals surface area contributed by atoms with Gasteiger partial charge >= 0.3 is 0 Å². The molecule has 3 nitrogen and oxygen atoms in total. The van der Waals surface area contributed by atoms with Gasteiger partial charge in [-0.3, -0.25) is 4.98 Å². The molecule has 21 heavy (non-hydrogen) atoms. The Labute approximate surface area is 131 Å². The van der Waals surface area contributed by atoms with Crippen LogP contribution in [0.1, 0.15) is 11.3 Å². The number of hydrogen-bond donors (Lipinski definition) is 2. The van der Waals surface area contributed by atoms with Gasteiger partial charge in [0.2, 0.25) is 0 Å². The van der Waals surface area contributed by atoms with E-state index in [1.54, 1.807) is 0 Å². The van der Waals surface area contributed by atoms with Gasteiger partial charge in [-0.15, -0.1) is 0 Å². The minimum absolute atomic E-state index is 0.273. The molecule has 0 aliphatic heterocycles. The Hall–Kier alpha value is -2.07. The minimum Gasteiger partial charge on any atom is -0.506 e. The van der Waals surface area contributed by atoms with Crippen LogP contribution in [0.5, 0.6) is 5.75 Å². The summed E-state index contributed by atoms with van der Waals surface area (Å²) in [5.41, 5.74) is 3.75. The molecule has 3 rings (SSSR count). The van der Waals surface area contributed by atoms with Crippen molar-refractivity contribution in [2.24, 2.45) is 0 Å². The molecule has 3 aromatic rings. The van der Waals surface area contributed by atoms with Crippen molar-refractivity contribution in [1.82, 2.24) is 4.98 Å². The Morgan fingerprint density at radius 2 is 1.90 bits per heavy atom. The molecule has 0 saturated heterocycles. The number of hydrogen-bond acceptors (Lipinski definition) is 3. The predicted molar refractivity (Wildman–Crippen MR) is 89.6 cm³/mol. The standard InChI is InChI=1S/C17H15BrN2O/c1-11-8-9-12-4-3-7-15(16(12)20-11)19-10-13-5-2-6-14(18)17(13)21/h2-9,19,21H,10H2,1H3. The van der Waals surface area contributed by atoms with E-state index in [4.69, 9.17) is 0 Å². The van der Waals surface area contributed by atoms with Crippen LogP contribution >= 0.6 is 15.9 Å². The average Bonchev–Trinajstić information content (AvgIpc) is 2.49. The van der Waals surface area contributed by atoms with Crippen LogP contribution < -0.4 is 5.32 Å². The highest BCUT2D eigenvalue weighted by atomic mass is 79.9. The lowest BCUT2D eigenvalue weighted by atomic mass is 10.1. The molecule has 0 amide bonds. The Morgan fingerprint density at radius 1 is 1.10 bits per heavy atom. The first-order valence-electron chi connectivity index (χ1n) is 6.72. The van der Waals surface area contributed by atoms with Crippen LogP contribution in [0.4, 0.5) is 5.69 Å². The van der Waals surface area contributed by atoms with E-state index >= 15 is 0 Å². The van der Waals surface area contributed by atoms with E-state index in [-0.39, 0.29) is 5.75 Å². The fourth-order valence-corrected chi connectivity index (χ4v) is 2.69. The maximum absolute atomic E-state index is 10.0. The van der Waals surface area contributed by atoms with Crippen LogP contribution in [0.2, 0.25) is 0 Å². The summed E-state index contributed by atoms with van der Waals surface area (Å²) >= 11 is 3.33. The van der Waals surface area contributed by atoms with Gasteiger partial charge in [0.1, 0.15) is 5.75 Å². The molecule has 1 aromatic heterocycles. The van der Waals surface area contributed by atoms with E-state index in [2.05, 4.69) is 32.3 Å². The molecule has 0 atom stereocenters. The summed E-state index contributed by atoms with van der Waals surface area (Å²) in [5.74, 6) is 0.273. The fraction of sp³-hybridized carbons (Fsp3) is 0.118. The summed E-state index contributed by atoms with van der Waals surface area (Å²) in [6.07, 6.45) is 0. The third-order valence-electron chi connectivity index (χ3n) is 3.40. The third-order valence-corrected chi connectivity index (χ3v) is 4.04. The molecule has 0 aliphatic carbocycles. The van der Waals surface area contributed by atoms with Crippen molar-refractivity contribution in [2.45, 2.75) is 13.5 Å². The van der Waals surface area contributed by atoms with Crippen molar-refractivity contribution < 1.29 is 5.11 Å². The monoisotopic (exact) mass is 342 g/mol. The first-order valence-corrected chi connectivity index (χ1v) is 7.51. The highest BCUT2D eigenvalue weighted by Gasteiger charge is 2.06. The molecule has 0 bridgehead atoms. The Balaban J connectivity index is 1.92. The summed E-state index contributed by atoms with van der Waals surface area (Å²) in [7, 11) is 0. The van der Waals surface area contributed by atoms with E-state index in [0.717, 1.165) is 27.8 Å². The number of fused-ring (bicyclic) bond motifs is 1. The first kappa shape index (κ1) is 13.9. The van der Waals surface area contributed by atoms with Crippen LogP contribution in [-0.4, -0.2) is 10.1 Å². The summed E-state index contributed by atoms with van der Waals surface area (Å²) < 4.78 is 0.702. The van der Waals surface area contributed by atoms with Gasteiger partial charge in [0.05, 0.1) is 15.7 Å². The number of benzene rings is 2. The Morgan fingerprint density at radius 3 is 2.76 bits per heavy atom. The summed E-state index contributed by atoms with van der Waals surface area (Å²) in [6.45, 7) is 2.52. The molecule has 0 unspecified atom stereocenters. The summed E-state index contributed by atoms with van der Waals surface area (Å²) in [5, 5.41) is 14.5. The second-order valence-corrected chi connectivity index (χ2v) is 5.79. The lowest BCUT2D eigenvalue weighted by Crippen LogP contribution is -2.01. The second-order valence-electron chi connectivity index (χ2n) is 4.93. The maximum Gasteiger partial charge on any atom is 0.134 e. The van der Waals surface area contributed by atoms with Crippen molar-refractivity contribution in [2.75, 3.05) is 5.32 Å². The molecule has 2 N–H and O–H groups in total. The predicted octanol–water partition coefficient (Wildman–Crippen LogP) is 4.62. The lowest BCUT2D eigenvalue weighted by Gasteiger charge is -2.11. The number of phenols is 1. The number of pyridine rings is 1. The molecule has 0 fully saturated rings. The van der Waals surface area contributed by atoms with Crippen molar-refractivity contribution >= 4 is 32.5 Å². The topological polar surface area (TPSA) is 45.1 Å². The molecule has 1 heterocycles. The van der Waals surface area contributed by atoms with E-state index in [1.807, 2.05) is 49.4 Å². The molecule has 2 aromatic carbocycles. The number of anilines is 1. The SMILES string of the molecule is Cc1ccc2cccc(NCc3cccc(Br)c3O)c2n1. The molecule has 0 aliphatic rings. The Bertz CT molecular complexity index is 802. The quantitative estimate of drug-likeness (QED) is 0.729. The van der Waals surface area contributed by atoms with Crippen LogP contribution in [0.3, 0.4) is 0 Å². The highest BCUT2D eigenvalue weighted by molar-refractivity contribution is 9.10. The Kier molecular flexibility index (Phi) is 3.80. The van der Waals surface area contributed by atoms with Crippen LogP contribution in [0, 0.1) is 6.92 Å². The van der Waals surface area contributed by atoms with Gasteiger partial charge in [0.25, 0.3) is 0 Å². The van der Waals surface area contributed by atoms with Gasteiger partial charge in [-0.05, 0) is 41.1 Å². The zero-order chi connectivity index (χ0) is 14.8. The molecular weight excluding hydrogens is 328 g/mol.